The molecule has 0 aliphatic carbocycles. The second-order valence-electron chi connectivity index (χ2n) is 6.74. The van der Waals surface area contributed by atoms with Crippen molar-refractivity contribution in [3.8, 4) is 0 Å². The van der Waals surface area contributed by atoms with Crippen molar-refractivity contribution in [3.05, 3.63) is 47.5 Å². The van der Waals surface area contributed by atoms with E-state index in [0.29, 0.717) is 43.9 Å². The number of H-pyrrole nitrogens is 1. The highest BCUT2D eigenvalue weighted by Gasteiger charge is 2.29. The fourth-order valence-electron chi connectivity index (χ4n) is 3.08. The number of aromatic amines is 1. The van der Waals surface area contributed by atoms with E-state index >= 15 is 0 Å². The molecule has 9 nitrogen and oxygen atoms in total. The van der Waals surface area contributed by atoms with Gasteiger partial charge in [-0.25, -0.2) is 22.9 Å². The number of hydrogen-bond donors (Lipinski definition) is 3. The normalized spacial score (nSPS) is 15.1. The number of halogens is 1. The van der Waals surface area contributed by atoms with Crippen LogP contribution in [0, 0.1) is 5.92 Å². The Hall–Kier alpha value is -2.59. The average molecular weight is 440 g/mol. The van der Waals surface area contributed by atoms with Crippen molar-refractivity contribution >= 4 is 33.6 Å². The quantitative estimate of drug-likeness (QED) is 0.629. The minimum atomic E-state index is -3.98. The number of carbonyl (C=O) groups is 2. The van der Waals surface area contributed by atoms with E-state index in [1.54, 1.807) is 12.5 Å². The van der Waals surface area contributed by atoms with Crippen molar-refractivity contribution in [2.75, 3.05) is 19.6 Å². The van der Waals surface area contributed by atoms with Crippen LogP contribution >= 0.6 is 11.6 Å². The van der Waals surface area contributed by atoms with Crippen LogP contribution in [0.2, 0.25) is 5.02 Å². The van der Waals surface area contributed by atoms with Crippen molar-refractivity contribution < 1.29 is 18.0 Å². The van der Waals surface area contributed by atoms with Gasteiger partial charge in [0.1, 0.15) is 0 Å². The van der Waals surface area contributed by atoms with Crippen LogP contribution in [-0.4, -0.2) is 54.9 Å². The van der Waals surface area contributed by atoms with Crippen molar-refractivity contribution in [3.63, 3.8) is 0 Å². The van der Waals surface area contributed by atoms with E-state index in [0.717, 1.165) is 5.69 Å². The Bertz CT molecular complexity index is 939. The average Bonchev–Trinajstić information content (AvgIpc) is 3.21. The van der Waals surface area contributed by atoms with E-state index in [9.17, 15) is 18.0 Å². The highest BCUT2D eigenvalue weighted by molar-refractivity contribution is 7.90. The Morgan fingerprint density at radius 3 is 2.52 bits per heavy atom. The summed E-state index contributed by atoms with van der Waals surface area (Å²) in [4.78, 5) is 32.9. The molecule has 29 heavy (non-hydrogen) atoms. The molecular formula is C18H22ClN5O4S. The summed E-state index contributed by atoms with van der Waals surface area (Å²) in [6, 6.07) is 4.85. The van der Waals surface area contributed by atoms with Crippen LogP contribution in [0.3, 0.4) is 0 Å². The molecule has 2 heterocycles. The first-order chi connectivity index (χ1) is 13.8. The summed E-state index contributed by atoms with van der Waals surface area (Å²) in [7, 11) is -3.98. The second-order valence-corrected chi connectivity index (χ2v) is 8.86. The Morgan fingerprint density at radius 2 is 1.90 bits per heavy atom. The monoisotopic (exact) mass is 439 g/mol. The van der Waals surface area contributed by atoms with Crippen LogP contribution in [0.25, 0.3) is 0 Å². The molecule has 1 aliphatic rings. The fourth-order valence-corrected chi connectivity index (χ4v) is 4.18. The lowest BCUT2D eigenvalue weighted by atomic mass is 9.96. The molecule has 3 N–H and O–H groups in total. The van der Waals surface area contributed by atoms with Gasteiger partial charge >= 0.3 is 6.03 Å². The molecule has 0 radical (unpaired) electrons. The number of hydrogen-bond acceptors (Lipinski definition) is 5. The van der Waals surface area contributed by atoms with Crippen molar-refractivity contribution in [1.82, 2.24) is 24.9 Å². The Balaban J connectivity index is 1.45. The SMILES string of the molecule is O=C(NCCc1cnc[nH]1)C1CCN(C(=O)NS(=O)(=O)c2ccc(Cl)cc2)CC1. The first-order valence-corrected chi connectivity index (χ1v) is 11.0. The van der Waals surface area contributed by atoms with E-state index in [-0.39, 0.29) is 16.7 Å². The third-order valence-electron chi connectivity index (χ3n) is 4.75. The molecule has 0 saturated carbocycles. The van der Waals surface area contributed by atoms with Crippen LogP contribution in [0.4, 0.5) is 4.79 Å². The highest BCUT2D eigenvalue weighted by atomic mass is 35.5. The standard InChI is InChI=1S/C18H22ClN5O4S/c19-14-1-3-16(4-2-14)29(27,28)23-18(26)24-9-6-13(7-10-24)17(25)21-8-5-15-11-20-12-22-15/h1-4,11-13H,5-10H2,(H,20,22)(H,21,25)(H,23,26). The smallest absolute Gasteiger partial charge is 0.331 e. The minimum Gasteiger partial charge on any atom is -0.355 e. The number of nitrogens with zero attached hydrogens (tertiary/aromatic N) is 2. The molecule has 0 unspecified atom stereocenters. The Kier molecular flexibility index (Phi) is 6.75. The van der Waals surface area contributed by atoms with E-state index in [1.165, 1.54) is 29.2 Å². The Labute approximate surface area is 173 Å². The third kappa shape index (κ3) is 5.70. The maximum Gasteiger partial charge on any atom is 0.331 e. The topological polar surface area (TPSA) is 124 Å². The second kappa shape index (κ2) is 9.27. The summed E-state index contributed by atoms with van der Waals surface area (Å²) >= 11 is 5.76. The summed E-state index contributed by atoms with van der Waals surface area (Å²) in [6.07, 6.45) is 4.91. The van der Waals surface area contributed by atoms with E-state index in [2.05, 4.69) is 20.0 Å². The minimum absolute atomic E-state index is 0.0400. The molecule has 0 bridgehead atoms. The van der Waals surface area contributed by atoms with Gasteiger partial charge in [0, 0.05) is 48.9 Å². The highest BCUT2D eigenvalue weighted by Crippen LogP contribution is 2.19. The van der Waals surface area contributed by atoms with Crippen LogP contribution in [0.1, 0.15) is 18.5 Å². The number of rotatable bonds is 6. The lowest BCUT2D eigenvalue weighted by Crippen LogP contribution is -2.48. The van der Waals surface area contributed by atoms with E-state index < -0.39 is 16.1 Å². The first-order valence-electron chi connectivity index (χ1n) is 9.17. The van der Waals surface area contributed by atoms with Gasteiger partial charge in [0.05, 0.1) is 11.2 Å². The van der Waals surface area contributed by atoms with Gasteiger partial charge in [-0.15, -0.1) is 0 Å². The number of sulfonamides is 1. The van der Waals surface area contributed by atoms with Crippen LogP contribution in [0.5, 0.6) is 0 Å². The number of nitrogens with one attached hydrogen (secondary N) is 3. The van der Waals surface area contributed by atoms with Crippen LogP contribution in [-0.2, 0) is 21.2 Å². The molecule has 0 atom stereocenters. The lowest BCUT2D eigenvalue weighted by molar-refractivity contribution is -0.126. The number of amides is 3. The maximum absolute atomic E-state index is 12.3. The summed E-state index contributed by atoms with van der Waals surface area (Å²) in [5.41, 5.74) is 0.943. The van der Waals surface area contributed by atoms with Gasteiger partial charge in [-0.1, -0.05) is 11.6 Å². The van der Waals surface area contributed by atoms with Gasteiger partial charge in [-0.3, -0.25) is 4.79 Å². The zero-order valence-corrected chi connectivity index (χ0v) is 17.2. The molecule has 1 saturated heterocycles. The van der Waals surface area contributed by atoms with E-state index in [1.807, 2.05) is 0 Å². The van der Waals surface area contributed by atoms with Gasteiger partial charge in [0.15, 0.2) is 0 Å². The number of likely N-dealkylation sites (tertiary alicyclic amines) is 1. The van der Waals surface area contributed by atoms with Gasteiger partial charge in [0.25, 0.3) is 10.0 Å². The fraction of sp³-hybridized carbons (Fsp3) is 0.389. The van der Waals surface area contributed by atoms with Gasteiger partial charge < -0.3 is 15.2 Å². The van der Waals surface area contributed by atoms with Crippen LogP contribution < -0.4 is 10.0 Å². The molecular weight excluding hydrogens is 418 g/mol. The number of carbonyl (C=O) groups excluding carboxylic acids is 2. The summed E-state index contributed by atoms with van der Waals surface area (Å²) < 4.78 is 26.7. The molecule has 1 aromatic heterocycles. The molecule has 0 spiro atoms. The Morgan fingerprint density at radius 1 is 1.21 bits per heavy atom. The number of piperidine rings is 1. The third-order valence-corrected chi connectivity index (χ3v) is 6.34. The molecule has 2 aromatic rings. The summed E-state index contributed by atoms with van der Waals surface area (Å²) in [6.45, 7) is 1.11. The first kappa shape index (κ1) is 21.1. The molecule has 11 heteroatoms. The predicted octanol–water partition coefficient (Wildman–Crippen LogP) is 1.53. The molecule has 156 valence electrons. The zero-order valence-electron chi connectivity index (χ0n) is 15.6. The lowest BCUT2D eigenvalue weighted by Gasteiger charge is -2.31. The summed E-state index contributed by atoms with van der Waals surface area (Å²) in [5, 5.41) is 3.29. The van der Waals surface area contributed by atoms with E-state index in [4.69, 9.17) is 11.6 Å². The molecule has 1 aromatic carbocycles. The maximum atomic E-state index is 12.3. The number of imidazole rings is 1. The number of urea groups is 1. The van der Waals surface area contributed by atoms with Crippen molar-refractivity contribution in [1.29, 1.82) is 0 Å². The number of benzene rings is 1. The van der Waals surface area contributed by atoms with Crippen molar-refractivity contribution in [2.45, 2.75) is 24.2 Å². The molecule has 1 aliphatic heterocycles. The van der Waals surface area contributed by atoms with Gasteiger partial charge in [-0.05, 0) is 37.1 Å². The van der Waals surface area contributed by atoms with Gasteiger partial charge in [-0.2, -0.15) is 0 Å². The zero-order chi connectivity index (χ0) is 20.9. The molecule has 3 rings (SSSR count). The number of aromatic nitrogens is 2. The van der Waals surface area contributed by atoms with Gasteiger partial charge in [0.2, 0.25) is 5.91 Å². The summed E-state index contributed by atoms with van der Waals surface area (Å²) in [5.74, 6) is -0.257. The van der Waals surface area contributed by atoms with Crippen LogP contribution in [0.15, 0.2) is 41.7 Å². The molecule has 3 amide bonds. The predicted molar refractivity (Wildman–Crippen MR) is 107 cm³/mol. The van der Waals surface area contributed by atoms with Crippen molar-refractivity contribution in [2.24, 2.45) is 5.92 Å². The largest absolute Gasteiger partial charge is 0.355 e. The molecule has 1 fully saturated rings.